The molecule has 78 valence electrons. The van der Waals surface area contributed by atoms with Gasteiger partial charge in [-0.25, -0.2) is 4.98 Å². The third-order valence-electron chi connectivity index (χ3n) is 2.83. The zero-order valence-electron chi connectivity index (χ0n) is 8.75. The Labute approximate surface area is 89.8 Å². The van der Waals surface area contributed by atoms with E-state index in [4.69, 9.17) is 0 Å². The Morgan fingerprint density at radius 3 is 2.93 bits per heavy atom. The summed E-state index contributed by atoms with van der Waals surface area (Å²) in [5, 5.41) is 7.02. The van der Waals surface area contributed by atoms with Gasteiger partial charge in [-0.3, -0.25) is 0 Å². The molecule has 0 radical (unpaired) electrons. The van der Waals surface area contributed by atoms with Gasteiger partial charge in [-0.05, 0) is 19.3 Å². The number of hydrogen-bond acceptors (Lipinski definition) is 3. The fourth-order valence-corrected chi connectivity index (χ4v) is 2.72. The molecule has 1 fully saturated rings. The zero-order valence-corrected chi connectivity index (χ0v) is 9.57. The molecule has 2 nitrogen and oxygen atoms in total. The summed E-state index contributed by atoms with van der Waals surface area (Å²) in [6.45, 7) is 3.12. The van der Waals surface area contributed by atoms with Gasteiger partial charge < -0.3 is 5.32 Å². The van der Waals surface area contributed by atoms with Gasteiger partial charge in [-0.2, -0.15) is 0 Å². The van der Waals surface area contributed by atoms with E-state index in [0.717, 1.165) is 19.0 Å². The second-order valence-corrected chi connectivity index (χ2v) is 4.89. The Bertz CT molecular complexity index is 277. The number of aryl methyl sites for hydroxylation is 1. The monoisotopic (exact) mass is 210 g/mol. The maximum absolute atomic E-state index is 4.55. The van der Waals surface area contributed by atoms with Crippen molar-refractivity contribution >= 4 is 11.3 Å². The third kappa shape index (κ3) is 2.55. The normalized spacial score (nSPS) is 17.8. The highest BCUT2D eigenvalue weighted by Gasteiger charge is 2.14. The van der Waals surface area contributed by atoms with Gasteiger partial charge in [0.2, 0.25) is 0 Å². The van der Waals surface area contributed by atoms with Crippen LogP contribution in [-0.2, 0) is 13.0 Å². The summed E-state index contributed by atoms with van der Waals surface area (Å²) >= 11 is 1.78. The van der Waals surface area contributed by atoms with E-state index in [-0.39, 0.29) is 0 Å². The summed E-state index contributed by atoms with van der Waals surface area (Å²) < 4.78 is 0. The van der Waals surface area contributed by atoms with Crippen molar-refractivity contribution in [2.45, 2.75) is 51.6 Å². The predicted octanol–water partition coefficient (Wildman–Crippen LogP) is 2.74. The van der Waals surface area contributed by atoms with Gasteiger partial charge >= 0.3 is 0 Å². The standard InChI is InChI=1S/C11H18N2S/c1-2-11-13-10(8-14-11)7-12-9-5-3-4-6-9/h8-9,12H,2-7H2,1H3. The zero-order chi connectivity index (χ0) is 9.80. The Kier molecular flexibility index (Phi) is 3.54. The average Bonchev–Trinajstić information content (AvgIpc) is 2.86. The van der Waals surface area contributed by atoms with E-state index in [1.807, 2.05) is 0 Å². The topological polar surface area (TPSA) is 24.9 Å². The van der Waals surface area contributed by atoms with Gasteiger partial charge in [0.1, 0.15) is 0 Å². The molecule has 1 saturated carbocycles. The summed E-state index contributed by atoms with van der Waals surface area (Å²) in [6, 6.07) is 0.752. The molecule has 1 N–H and O–H groups in total. The molecule has 0 amide bonds. The molecule has 0 aromatic carbocycles. The van der Waals surface area contributed by atoms with Gasteiger partial charge in [0, 0.05) is 18.0 Å². The summed E-state index contributed by atoms with van der Waals surface area (Å²) in [7, 11) is 0. The molecule has 14 heavy (non-hydrogen) atoms. The average molecular weight is 210 g/mol. The Morgan fingerprint density at radius 1 is 1.50 bits per heavy atom. The van der Waals surface area contributed by atoms with E-state index in [0.29, 0.717) is 0 Å². The highest BCUT2D eigenvalue weighted by molar-refractivity contribution is 7.09. The SMILES string of the molecule is CCc1nc(CNC2CCCC2)cs1. The number of thiazole rings is 1. The van der Waals surface area contributed by atoms with Gasteiger partial charge in [0.05, 0.1) is 10.7 Å². The predicted molar refractivity (Wildman–Crippen MR) is 60.6 cm³/mol. The molecule has 0 aliphatic heterocycles. The molecule has 1 aliphatic carbocycles. The second-order valence-electron chi connectivity index (χ2n) is 3.95. The molecular weight excluding hydrogens is 192 g/mol. The number of aromatic nitrogens is 1. The first kappa shape index (κ1) is 10.1. The largest absolute Gasteiger partial charge is 0.308 e. The summed E-state index contributed by atoms with van der Waals surface area (Å²) in [6.07, 6.45) is 6.56. The van der Waals surface area contributed by atoms with Crippen molar-refractivity contribution in [3.05, 3.63) is 16.1 Å². The van der Waals surface area contributed by atoms with Crippen molar-refractivity contribution in [3.8, 4) is 0 Å². The first-order chi connectivity index (χ1) is 6.88. The van der Waals surface area contributed by atoms with Crippen molar-refractivity contribution in [1.82, 2.24) is 10.3 Å². The van der Waals surface area contributed by atoms with E-state index in [1.165, 1.54) is 36.4 Å². The molecule has 0 saturated heterocycles. The maximum atomic E-state index is 4.55. The van der Waals surface area contributed by atoms with Crippen LogP contribution in [-0.4, -0.2) is 11.0 Å². The summed E-state index contributed by atoms with van der Waals surface area (Å²) in [4.78, 5) is 4.55. The van der Waals surface area contributed by atoms with Crippen LogP contribution in [0.2, 0.25) is 0 Å². The van der Waals surface area contributed by atoms with Crippen LogP contribution in [0.3, 0.4) is 0 Å². The number of nitrogens with one attached hydrogen (secondary N) is 1. The first-order valence-corrected chi connectivity index (χ1v) is 6.43. The van der Waals surface area contributed by atoms with Crippen LogP contribution in [0.15, 0.2) is 5.38 Å². The molecule has 3 heteroatoms. The first-order valence-electron chi connectivity index (χ1n) is 5.55. The summed E-state index contributed by atoms with van der Waals surface area (Å²) in [5.41, 5.74) is 1.22. The highest BCUT2D eigenvalue weighted by Crippen LogP contribution is 2.18. The van der Waals surface area contributed by atoms with Gasteiger partial charge in [-0.1, -0.05) is 19.8 Å². The van der Waals surface area contributed by atoms with E-state index in [9.17, 15) is 0 Å². The molecule has 1 heterocycles. The van der Waals surface area contributed by atoms with Crippen molar-refractivity contribution in [3.63, 3.8) is 0 Å². The van der Waals surface area contributed by atoms with E-state index >= 15 is 0 Å². The minimum Gasteiger partial charge on any atom is -0.308 e. The highest BCUT2D eigenvalue weighted by atomic mass is 32.1. The molecule has 0 atom stereocenters. The van der Waals surface area contributed by atoms with Crippen LogP contribution in [0.25, 0.3) is 0 Å². The van der Waals surface area contributed by atoms with Gasteiger partial charge in [-0.15, -0.1) is 11.3 Å². The lowest BCUT2D eigenvalue weighted by atomic mass is 10.2. The third-order valence-corrected chi connectivity index (χ3v) is 3.87. The van der Waals surface area contributed by atoms with Crippen LogP contribution < -0.4 is 5.32 Å². The lowest BCUT2D eigenvalue weighted by molar-refractivity contribution is 0.520. The van der Waals surface area contributed by atoms with Gasteiger partial charge in [0.25, 0.3) is 0 Å². The van der Waals surface area contributed by atoms with Crippen LogP contribution in [0.1, 0.15) is 43.3 Å². The van der Waals surface area contributed by atoms with Crippen molar-refractivity contribution < 1.29 is 0 Å². The smallest absolute Gasteiger partial charge is 0.0926 e. The maximum Gasteiger partial charge on any atom is 0.0926 e. The minimum absolute atomic E-state index is 0.752. The van der Waals surface area contributed by atoms with Crippen molar-refractivity contribution in [2.24, 2.45) is 0 Å². The minimum atomic E-state index is 0.752. The van der Waals surface area contributed by atoms with Gasteiger partial charge in [0.15, 0.2) is 0 Å². The molecule has 0 spiro atoms. The van der Waals surface area contributed by atoms with Crippen molar-refractivity contribution in [1.29, 1.82) is 0 Å². The Hall–Kier alpha value is -0.410. The van der Waals surface area contributed by atoms with Crippen LogP contribution in [0.4, 0.5) is 0 Å². The number of hydrogen-bond donors (Lipinski definition) is 1. The van der Waals surface area contributed by atoms with E-state index < -0.39 is 0 Å². The van der Waals surface area contributed by atoms with E-state index in [1.54, 1.807) is 11.3 Å². The van der Waals surface area contributed by atoms with Crippen LogP contribution >= 0.6 is 11.3 Å². The molecule has 2 rings (SSSR count). The van der Waals surface area contributed by atoms with Crippen LogP contribution in [0, 0.1) is 0 Å². The molecule has 1 aliphatic rings. The lowest BCUT2D eigenvalue weighted by Crippen LogP contribution is -2.25. The second kappa shape index (κ2) is 4.89. The number of rotatable bonds is 4. The molecule has 0 bridgehead atoms. The van der Waals surface area contributed by atoms with E-state index in [2.05, 4.69) is 22.6 Å². The Balaban J connectivity index is 1.79. The fourth-order valence-electron chi connectivity index (χ4n) is 1.97. The fraction of sp³-hybridized carbons (Fsp3) is 0.727. The molecule has 1 aromatic heterocycles. The molecule has 0 unspecified atom stereocenters. The summed E-state index contributed by atoms with van der Waals surface area (Å²) in [5.74, 6) is 0. The quantitative estimate of drug-likeness (QED) is 0.826. The number of nitrogens with zero attached hydrogens (tertiary/aromatic N) is 1. The lowest BCUT2D eigenvalue weighted by Gasteiger charge is -2.09. The molecule has 1 aromatic rings. The van der Waals surface area contributed by atoms with Crippen molar-refractivity contribution in [2.75, 3.05) is 0 Å². The Morgan fingerprint density at radius 2 is 2.29 bits per heavy atom. The molecular formula is C11H18N2S. The van der Waals surface area contributed by atoms with Crippen LogP contribution in [0.5, 0.6) is 0 Å².